The Morgan fingerprint density at radius 1 is 1.16 bits per heavy atom. The second-order valence-electron chi connectivity index (χ2n) is 10.3. The number of aromatic nitrogens is 2. The Labute approximate surface area is 223 Å². The third kappa shape index (κ3) is 4.43. The number of fused-ring (bicyclic) bond motifs is 3. The molecule has 3 atom stereocenters. The van der Waals surface area contributed by atoms with Gasteiger partial charge in [0.2, 0.25) is 0 Å². The number of nitriles is 1. The van der Waals surface area contributed by atoms with Crippen LogP contribution in [0.3, 0.4) is 0 Å². The minimum absolute atomic E-state index is 0.00300. The van der Waals surface area contributed by atoms with E-state index in [2.05, 4.69) is 36.4 Å². The number of ketones is 1. The molecule has 2 aromatic carbocycles. The van der Waals surface area contributed by atoms with E-state index in [4.69, 9.17) is 14.7 Å². The normalized spacial score (nSPS) is 22.1. The summed E-state index contributed by atoms with van der Waals surface area (Å²) in [6.07, 6.45) is 4.97. The van der Waals surface area contributed by atoms with Crippen LogP contribution >= 0.6 is 0 Å². The third-order valence-electron chi connectivity index (χ3n) is 7.94. The molecule has 1 aromatic heterocycles. The quantitative estimate of drug-likeness (QED) is 0.326. The lowest BCUT2D eigenvalue weighted by Crippen LogP contribution is -2.48. The van der Waals surface area contributed by atoms with Crippen LogP contribution in [0.2, 0.25) is 0 Å². The maximum absolute atomic E-state index is 13.1. The molecule has 0 amide bonds. The number of Topliss-reactive ketones (excluding diaryl/α,β-unsaturated/α-hetero) is 1. The van der Waals surface area contributed by atoms with Gasteiger partial charge in [0.15, 0.2) is 5.78 Å². The van der Waals surface area contributed by atoms with Crippen molar-refractivity contribution in [1.82, 2.24) is 9.97 Å². The van der Waals surface area contributed by atoms with Crippen molar-refractivity contribution in [3.05, 3.63) is 94.5 Å². The average Bonchev–Trinajstić information content (AvgIpc) is 2.93. The minimum atomic E-state index is -0.683. The summed E-state index contributed by atoms with van der Waals surface area (Å²) >= 11 is 0. The Bertz CT molecular complexity index is 1470. The molecule has 1 heterocycles. The molecule has 38 heavy (non-hydrogen) atoms. The zero-order chi connectivity index (χ0) is 26.9. The fourth-order valence-electron chi connectivity index (χ4n) is 6.26. The topological polar surface area (TPSA) is 92.9 Å². The molecule has 6 heteroatoms. The summed E-state index contributed by atoms with van der Waals surface area (Å²) in [5, 5.41) is 9.92. The van der Waals surface area contributed by atoms with Crippen molar-refractivity contribution in [2.75, 3.05) is 6.61 Å². The highest BCUT2D eigenvalue weighted by atomic mass is 16.5. The van der Waals surface area contributed by atoms with Gasteiger partial charge in [0, 0.05) is 24.0 Å². The lowest BCUT2D eigenvalue weighted by molar-refractivity contribution is -0.141. The lowest BCUT2D eigenvalue weighted by atomic mass is 9.54. The number of aryl methyl sites for hydroxylation is 2. The Balaban J connectivity index is 1.66. The molecule has 2 aliphatic carbocycles. The van der Waals surface area contributed by atoms with Crippen LogP contribution in [0.25, 0.3) is 11.3 Å². The Morgan fingerprint density at radius 2 is 1.95 bits per heavy atom. The fraction of sp³-hybridized carbons (Fsp3) is 0.344. The molecule has 6 nitrogen and oxygen atoms in total. The van der Waals surface area contributed by atoms with Crippen molar-refractivity contribution in [2.45, 2.75) is 51.9 Å². The Kier molecular flexibility index (Phi) is 6.94. The standard InChI is InChI=1S/C32H31N3O3/c1-20-28-15-14-27-29(24-11-7-9-23(17-24)10-8-16-38-22(3)36)34-21(2)35-31(27)32(28,18-25(19-33)30(20)37)26-12-5-4-6-13-26/h4-7,9,11-13,17-18,20,28H,8,10,14-16H2,1-3H3/t20-,28-,32+/m0/s1. The van der Waals surface area contributed by atoms with Crippen molar-refractivity contribution in [2.24, 2.45) is 11.8 Å². The van der Waals surface area contributed by atoms with Crippen LogP contribution in [-0.2, 0) is 32.6 Å². The van der Waals surface area contributed by atoms with Crippen LogP contribution in [0.5, 0.6) is 0 Å². The highest BCUT2D eigenvalue weighted by Gasteiger charge is 2.53. The van der Waals surface area contributed by atoms with Gasteiger partial charge in [0.25, 0.3) is 0 Å². The predicted molar refractivity (Wildman–Crippen MR) is 144 cm³/mol. The van der Waals surface area contributed by atoms with Crippen molar-refractivity contribution < 1.29 is 14.3 Å². The first-order chi connectivity index (χ1) is 18.3. The molecule has 0 saturated carbocycles. The van der Waals surface area contributed by atoms with Crippen LogP contribution in [0.15, 0.2) is 66.2 Å². The molecule has 0 unspecified atom stereocenters. The lowest BCUT2D eigenvalue weighted by Gasteiger charge is -2.48. The second-order valence-corrected chi connectivity index (χ2v) is 10.3. The predicted octanol–water partition coefficient (Wildman–Crippen LogP) is 5.47. The smallest absolute Gasteiger partial charge is 0.302 e. The number of hydrogen-bond acceptors (Lipinski definition) is 6. The van der Waals surface area contributed by atoms with E-state index < -0.39 is 5.41 Å². The summed E-state index contributed by atoms with van der Waals surface area (Å²) in [6, 6.07) is 20.7. The van der Waals surface area contributed by atoms with Gasteiger partial charge in [-0.3, -0.25) is 9.59 Å². The van der Waals surface area contributed by atoms with Gasteiger partial charge in [-0.25, -0.2) is 9.97 Å². The maximum Gasteiger partial charge on any atom is 0.302 e. The summed E-state index contributed by atoms with van der Waals surface area (Å²) in [5.74, 6) is 0.0188. The van der Waals surface area contributed by atoms with Crippen LogP contribution in [0.4, 0.5) is 0 Å². The highest BCUT2D eigenvalue weighted by Crippen LogP contribution is 2.54. The van der Waals surface area contributed by atoms with Gasteiger partial charge in [-0.05, 0) is 61.8 Å². The molecule has 2 aliphatic rings. The van der Waals surface area contributed by atoms with E-state index in [1.165, 1.54) is 6.92 Å². The first kappa shape index (κ1) is 25.5. The molecule has 192 valence electrons. The summed E-state index contributed by atoms with van der Waals surface area (Å²) in [7, 11) is 0. The largest absolute Gasteiger partial charge is 0.466 e. The second kappa shape index (κ2) is 10.3. The average molecular weight is 506 g/mol. The van der Waals surface area contributed by atoms with Gasteiger partial charge in [-0.1, -0.05) is 55.5 Å². The van der Waals surface area contributed by atoms with Crippen molar-refractivity contribution in [1.29, 1.82) is 5.26 Å². The van der Waals surface area contributed by atoms with Crippen LogP contribution in [-0.4, -0.2) is 28.3 Å². The van der Waals surface area contributed by atoms with E-state index in [1.54, 1.807) is 0 Å². The zero-order valence-electron chi connectivity index (χ0n) is 22.0. The van der Waals surface area contributed by atoms with Crippen LogP contribution in [0, 0.1) is 30.1 Å². The van der Waals surface area contributed by atoms with Crippen molar-refractivity contribution in [3.63, 3.8) is 0 Å². The molecule has 0 saturated heterocycles. The number of rotatable bonds is 6. The van der Waals surface area contributed by atoms with E-state index in [-0.39, 0.29) is 29.2 Å². The van der Waals surface area contributed by atoms with E-state index >= 15 is 0 Å². The highest BCUT2D eigenvalue weighted by molar-refractivity contribution is 6.02. The monoisotopic (exact) mass is 505 g/mol. The number of nitrogens with zero attached hydrogens (tertiary/aromatic N) is 3. The molecule has 0 N–H and O–H groups in total. The number of hydrogen-bond donors (Lipinski definition) is 0. The van der Waals surface area contributed by atoms with Crippen molar-refractivity contribution >= 4 is 11.8 Å². The van der Waals surface area contributed by atoms with Crippen LogP contribution < -0.4 is 0 Å². The Morgan fingerprint density at radius 3 is 2.68 bits per heavy atom. The van der Waals surface area contributed by atoms with E-state index in [9.17, 15) is 14.9 Å². The van der Waals surface area contributed by atoms with E-state index in [1.807, 2.05) is 44.2 Å². The number of ether oxygens (including phenoxy) is 1. The fourth-order valence-corrected chi connectivity index (χ4v) is 6.26. The summed E-state index contributed by atoms with van der Waals surface area (Å²) < 4.78 is 5.09. The van der Waals surface area contributed by atoms with Gasteiger partial charge in [-0.15, -0.1) is 0 Å². The molecule has 0 fully saturated rings. The van der Waals surface area contributed by atoms with Gasteiger partial charge in [0.05, 0.1) is 29.0 Å². The Hall–Kier alpha value is -4.11. The van der Waals surface area contributed by atoms with Gasteiger partial charge < -0.3 is 4.74 Å². The summed E-state index contributed by atoms with van der Waals surface area (Å²) in [6.45, 7) is 5.67. The van der Waals surface area contributed by atoms with Gasteiger partial charge >= 0.3 is 5.97 Å². The first-order valence-corrected chi connectivity index (χ1v) is 13.2. The molecule has 3 aromatic rings. The molecule has 0 bridgehead atoms. The molecular formula is C32H31N3O3. The number of allylic oxidation sites excluding steroid dienone is 2. The number of carbonyl (C=O) groups excluding carboxylic acids is 2. The summed E-state index contributed by atoms with van der Waals surface area (Å²) in [5.41, 5.74) is 5.60. The number of benzene rings is 2. The molecule has 5 rings (SSSR count). The SMILES string of the molecule is CC(=O)OCCCc1cccc(-c2nc(C)nc3c2CC[C@H]2[C@H](C)C(=O)C(C#N)=C[C@]32c2ccccc2)c1. The van der Waals surface area contributed by atoms with E-state index in [0.29, 0.717) is 12.4 Å². The first-order valence-electron chi connectivity index (χ1n) is 13.2. The van der Waals surface area contributed by atoms with Gasteiger partial charge in [-0.2, -0.15) is 5.26 Å². The van der Waals surface area contributed by atoms with Gasteiger partial charge in [0.1, 0.15) is 11.9 Å². The molecule has 0 aliphatic heterocycles. The maximum atomic E-state index is 13.1. The van der Waals surface area contributed by atoms with Crippen molar-refractivity contribution in [3.8, 4) is 17.3 Å². The van der Waals surface area contributed by atoms with Crippen LogP contribution in [0.1, 0.15) is 54.9 Å². The number of esters is 1. The number of carbonyl (C=O) groups is 2. The third-order valence-corrected chi connectivity index (χ3v) is 7.94. The molecule has 0 radical (unpaired) electrons. The molecule has 0 spiro atoms. The summed E-state index contributed by atoms with van der Waals surface area (Å²) in [4.78, 5) is 34.1. The molecular weight excluding hydrogens is 474 g/mol. The minimum Gasteiger partial charge on any atom is -0.466 e. The van der Waals surface area contributed by atoms with E-state index in [0.717, 1.165) is 59.3 Å². The zero-order valence-corrected chi connectivity index (χ0v) is 22.0.